The zero-order valence-electron chi connectivity index (χ0n) is 9.24. The Labute approximate surface area is 107 Å². The zero-order chi connectivity index (χ0) is 12.3. The predicted octanol–water partition coefficient (Wildman–Crippen LogP) is 2.68. The molecule has 2 aromatic heterocycles. The molecule has 0 aliphatic rings. The second-order valence-corrected chi connectivity index (χ2v) is 4.38. The molecule has 1 N–H and O–H groups in total. The number of amides is 1. The number of furan rings is 1. The van der Waals surface area contributed by atoms with Crippen LogP contribution >= 0.6 is 15.9 Å². The Kier molecular flexibility index (Phi) is 3.58. The van der Waals surface area contributed by atoms with E-state index in [9.17, 15) is 4.79 Å². The van der Waals surface area contributed by atoms with Crippen molar-refractivity contribution in [1.29, 1.82) is 0 Å². The summed E-state index contributed by atoms with van der Waals surface area (Å²) in [6.45, 7) is 2.22. The van der Waals surface area contributed by atoms with E-state index < -0.39 is 0 Å². The third kappa shape index (κ3) is 2.94. The van der Waals surface area contributed by atoms with Gasteiger partial charge in [0.1, 0.15) is 17.2 Å². The molecule has 0 spiro atoms. The molecule has 0 aliphatic heterocycles. The van der Waals surface area contributed by atoms with E-state index in [0.717, 1.165) is 11.5 Å². The monoisotopic (exact) mass is 294 g/mol. The summed E-state index contributed by atoms with van der Waals surface area (Å²) in [6, 6.07) is 7.23. The van der Waals surface area contributed by atoms with Gasteiger partial charge in [-0.2, -0.15) is 0 Å². The van der Waals surface area contributed by atoms with Crippen molar-refractivity contribution < 1.29 is 9.21 Å². The van der Waals surface area contributed by atoms with Crippen LogP contribution in [0.25, 0.3) is 0 Å². The SMILES string of the molecule is Cc1ccc(CNC(=O)c2ncccc2Br)o1. The van der Waals surface area contributed by atoms with Gasteiger partial charge in [0.05, 0.1) is 6.54 Å². The summed E-state index contributed by atoms with van der Waals surface area (Å²) in [6.07, 6.45) is 1.58. The summed E-state index contributed by atoms with van der Waals surface area (Å²) in [5.74, 6) is 1.32. The second kappa shape index (κ2) is 5.14. The minimum absolute atomic E-state index is 0.230. The van der Waals surface area contributed by atoms with Gasteiger partial charge >= 0.3 is 0 Å². The van der Waals surface area contributed by atoms with Gasteiger partial charge in [0.2, 0.25) is 0 Å². The minimum Gasteiger partial charge on any atom is -0.465 e. The molecule has 1 amide bonds. The predicted molar refractivity (Wildman–Crippen MR) is 66.6 cm³/mol. The highest BCUT2D eigenvalue weighted by atomic mass is 79.9. The van der Waals surface area contributed by atoms with E-state index in [2.05, 4.69) is 26.2 Å². The van der Waals surface area contributed by atoms with Crippen LogP contribution in [0.15, 0.2) is 39.4 Å². The molecule has 88 valence electrons. The van der Waals surface area contributed by atoms with Crippen molar-refractivity contribution in [3.8, 4) is 0 Å². The van der Waals surface area contributed by atoms with Crippen molar-refractivity contribution in [2.45, 2.75) is 13.5 Å². The number of rotatable bonds is 3. The Bertz CT molecular complexity index is 537. The molecule has 2 heterocycles. The highest BCUT2D eigenvalue weighted by Gasteiger charge is 2.11. The van der Waals surface area contributed by atoms with Crippen LogP contribution in [-0.4, -0.2) is 10.9 Å². The summed E-state index contributed by atoms with van der Waals surface area (Å²) in [5, 5.41) is 2.74. The third-order valence-corrected chi connectivity index (χ3v) is 2.83. The van der Waals surface area contributed by atoms with E-state index in [1.54, 1.807) is 18.3 Å². The maximum Gasteiger partial charge on any atom is 0.271 e. The Morgan fingerprint density at radius 1 is 1.47 bits per heavy atom. The van der Waals surface area contributed by atoms with Gasteiger partial charge in [-0.1, -0.05) is 0 Å². The smallest absolute Gasteiger partial charge is 0.271 e. The van der Waals surface area contributed by atoms with Crippen LogP contribution in [0.3, 0.4) is 0 Å². The first kappa shape index (κ1) is 11.9. The standard InChI is InChI=1S/C12H11BrN2O2/c1-8-4-5-9(17-8)7-15-12(16)11-10(13)3-2-6-14-11/h2-6H,7H2,1H3,(H,15,16). The lowest BCUT2D eigenvalue weighted by Gasteiger charge is -2.03. The number of carbonyl (C=O) groups excluding carboxylic acids is 1. The molecule has 0 saturated heterocycles. The fraction of sp³-hybridized carbons (Fsp3) is 0.167. The minimum atomic E-state index is -0.230. The topological polar surface area (TPSA) is 55.1 Å². The lowest BCUT2D eigenvalue weighted by Crippen LogP contribution is -2.23. The molecule has 0 unspecified atom stereocenters. The first-order chi connectivity index (χ1) is 8.16. The number of halogens is 1. The molecule has 0 bridgehead atoms. The van der Waals surface area contributed by atoms with E-state index >= 15 is 0 Å². The maximum absolute atomic E-state index is 11.8. The van der Waals surface area contributed by atoms with E-state index in [1.165, 1.54) is 0 Å². The van der Waals surface area contributed by atoms with E-state index in [-0.39, 0.29) is 5.91 Å². The van der Waals surface area contributed by atoms with Gasteiger partial charge in [0.25, 0.3) is 5.91 Å². The third-order valence-electron chi connectivity index (χ3n) is 2.19. The molecule has 4 nitrogen and oxygen atoms in total. The molecular formula is C12H11BrN2O2. The molecule has 17 heavy (non-hydrogen) atoms. The lowest BCUT2D eigenvalue weighted by molar-refractivity contribution is 0.0942. The Morgan fingerprint density at radius 3 is 2.94 bits per heavy atom. The van der Waals surface area contributed by atoms with E-state index in [1.807, 2.05) is 19.1 Å². The van der Waals surface area contributed by atoms with Gasteiger partial charge in [-0.05, 0) is 47.1 Å². The number of hydrogen-bond acceptors (Lipinski definition) is 3. The second-order valence-electron chi connectivity index (χ2n) is 3.53. The number of nitrogens with one attached hydrogen (secondary N) is 1. The summed E-state index contributed by atoms with van der Waals surface area (Å²) in [4.78, 5) is 15.8. The lowest BCUT2D eigenvalue weighted by atomic mass is 10.3. The van der Waals surface area contributed by atoms with E-state index in [0.29, 0.717) is 16.7 Å². The van der Waals surface area contributed by atoms with Gasteiger partial charge in [0.15, 0.2) is 0 Å². The first-order valence-corrected chi connectivity index (χ1v) is 5.90. The number of hydrogen-bond donors (Lipinski definition) is 1. The fourth-order valence-electron chi connectivity index (χ4n) is 1.38. The van der Waals surface area contributed by atoms with Crippen molar-refractivity contribution in [2.24, 2.45) is 0 Å². The molecule has 2 rings (SSSR count). The Morgan fingerprint density at radius 2 is 2.29 bits per heavy atom. The molecule has 2 aromatic rings. The largest absolute Gasteiger partial charge is 0.465 e. The van der Waals surface area contributed by atoms with Crippen LogP contribution in [0.1, 0.15) is 22.0 Å². The molecule has 0 radical (unpaired) electrons. The summed E-state index contributed by atoms with van der Waals surface area (Å²) >= 11 is 3.28. The molecular weight excluding hydrogens is 284 g/mol. The molecule has 0 aliphatic carbocycles. The van der Waals surface area contributed by atoms with Gasteiger partial charge < -0.3 is 9.73 Å². The summed E-state index contributed by atoms with van der Waals surface area (Å²) < 4.78 is 6.03. The summed E-state index contributed by atoms with van der Waals surface area (Å²) in [7, 11) is 0. The molecule has 0 atom stereocenters. The van der Waals surface area contributed by atoms with Crippen LogP contribution < -0.4 is 5.32 Å². The highest BCUT2D eigenvalue weighted by molar-refractivity contribution is 9.10. The number of carbonyl (C=O) groups is 1. The van der Waals surface area contributed by atoms with Crippen LogP contribution in [0, 0.1) is 6.92 Å². The average Bonchev–Trinajstić information content (AvgIpc) is 2.73. The highest BCUT2D eigenvalue weighted by Crippen LogP contribution is 2.13. The van der Waals surface area contributed by atoms with Crippen molar-refractivity contribution in [3.63, 3.8) is 0 Å². The summed E-state index contributed by atoms with van der Waals surface area (Å²) in [5.41, 5.74) is 0.371. The number of aromatic nitrogens is 1. The van der Waals surface area contributed by atoms with Gasteiger partial charge in [-0.25, -0.2) is 4.98 Å². The quantitative estimate of drug-likeness (QED) is 0.947. The van der Waals surface area contributed by atoms with Crippen molar-refractivity contribution in [3.05, 3.63) is 52.1 Å². The number of aryl methyl sites for hydroxylation is 1. The van der Waals surface area contributed by atoms with Crippen LogP contribution in [0.4, 0.5) is 0 Å². The van der Waals surface area contributed by atoms with Gasteiger partial charge in [-0.15, -0.1) is 0 Å². The van der Waals surface area contributed by atoms with E-state index in [4.69, 9.17) is 4.42 Å². The van der Waals surface area contributed by atoms with Crippen molar-refractivity contribution >= 4 is 21.8 Å². The van der Waals surface area contributed by atoms with Gasteiger partial charge in [-0.3, -0.25) is 4.79 Å². The molecule has 0 fully saturated rings. The van der Waals surface area contributed by atoms with Gasteiger partial charge in [0, 0.05) is 10.7 Å². The Hall–Kier alpha value is -1.62. The van der Waals surface area contributed by atoms with Crippen LogP contribution in [0.2, 0.25) is 0 Å². The molecule has 0 saturated carbocycles. The van der Waals surface area contributed by atoms with Crippen molar-refractivity contribution in [2.75, 3.05) is 0 Å². The molecule has 0 aromatic carbocycles. The zero-order valence-corrected chi connectivity index (χ0v) is 10.8. The van der Waals surface area contributed by atoms with Crippen LogP contribution in [-0.2, 0) is 6.54 Å². The number of nitrogens with zero attached hydrogens (tertiary/aromatic N) is 1. The average molecular weight is 295 g/mol. The van der Waals surface area contributed by atoms with Crippen LogP contribution in [0.5, 0.6) is 0 Å². The number of pyridine rings is 1. The normalized spacial score (nSPS) is 10.2. The van der Waals surface area contributed by atoms with Crippen molar-refractivity contribution in [1.82, 2.24) is 10.3 Å². The maximum atomic E-state index is 11.8. The Balaban J connectivity index is 2.01. The molecule has 5 heteroatoms. The fourth-order valence-corrected chi connectivity index (χ4v) is 1.82. The first-order valence-electron chi connectivity index (χ1n) is 5.11.